The summed E-state index contributed by atoms with van der Waals surface area (Å²) in [6, 6.07) is 7.18. The molecule has 1 aliphatic rings. The van der Waals surface area contributed by atoms with Gasteiger partial charge in [-0.25, -0.2) is 5.01 Å². The van der Waals surface area contributed by atoms with Crippen molar-refractivity contribution in [1.29, 1.82) is 0 Å². The molecule has 1 fully saturated rings. The topological polar surface area (TPSA) is 46.9 Å². The second-order valence-corrected chi connectivity index (χ2v) is 4.97. The van der Waals surface area contributed by atoms with Crippen LogP contribution in [0.2, 0.25) is 0 Å². The van der Waals surface area contributed by atoms with Crippen molar-refractivity contribution in [1.82, 2.24) is 9.59 Å². The minimum Gasteiger partial charge on any atom is -0.508 e. The Morgan fingerprint density at radius 1 is 1.28 bits per heavy atom. The van der Waals surface area contributed by atoms with Crippen molar-refractivity contribution >= 4 is 11.9 Å². The lowest BCUT2D eigenvalue weighted by Gasteiger charge is -2.27. The first-order valence-corrected chi connectivity index (χ1v) is 7.17. The molecule has 0 bridgehead atoms. The third-order valence-corrected chi connectivity index (χ3v) is 3.62. The summed E-state index contributed by atoms with van der Waals surface area (Å²) in [6.07, 6.45) is 2.24. The first-order valence-electron chi connectivity index (χ1n) is 6.39. The Labute approximate surface area is 113 Å². The van der Waals surface area contributed by atoms with Gasteiger partial charge in [0, 0.05) is 29.4 Å². The van der Waals surface area contributed by atoms with Crippen molar-refractivity contribution in [2.75, 3.05) is 6.54 Å². The number of phenolic OH excluding ortho intramolecular Hbond substituents is 1. The Kier molecular flexibility index (Phi) is 6.49. The molecule has 0 amide bonds. The largest absolute Gasteiger partial charge is 0.508 e. The number of hydrogen-bond acceptors (Lipinski definition) is 5. The van der Waals surface area contributed by atoms with E-state index in [-0.39, 0.29) is 5.75 Å². The molecule has 2 N–H and O–H groups in total. The minimum absolute atomic E-state index is 0.239. The van der Waals surface area contributed by atoms with Gasteiger partial charge in [-0.3, -0.25) is 5.21 Å². The summed E-state index contributed by atoms with van der Waals surface area (Å²) in [5.74, 6) is 0.239. The van der Waals surface area contributed by atoms with Crippen LogP contribution < -0.4 is 0 Å². The van der Waals surface area contributed by atoms with Gasteiger partial charge in [0.2, 0.25) is 0 Å². The van der Waals surface area contributed by atoms with E-state index in [0.717, 1.165) is 24.3 Å². The molecule has 0 saturated carbocycles. The Morgan fingerprint density at radius 2 is 1.89 bits per heavy atom. The summed E-state index contributed by atoms with van der Waals surface area (Å²) in [4.78, 5) is 0.902. The fourth-order valence-corrected chi connectivity index (χ4v) is 2.62. The third kappa shape index (κ3) is 4.17. The van der Waals surface area contributed by atoms with Crippen LogP contribution in [0.5, 0.6) is 5.75 Å². The number of hydrogen-bond donors (Lipinski definition) is 2. The Balaban J connectivity index is 0.000000771. The number of hydrazine groups is 1. The van der Waals surface area contributed by atoms with Gasteiger partial charge in [-0.05, 0) is 44.0 Å². The Bertz CT molecular complexity index is 345. The third-order valence-electron chi connectivity index (χ3n) is 2.76. The SMILES string of the molecule is CC.C[C@@H]1CCCN1N(O)Sc1ccc(O)cc1. The van der Waals surface area contributed by atoms with Crippen molar-refractivity contribution in [2.45, 2.75) is 44.6 Å². The second-order valence-electron chi connectivity index (χ2n) is 3.99. The molecule has 0 unspecified atom stereocenters. The van der Waals surface area contributed by atoms with Gasteiger partial charge in [0.05, 0.1) is 0 Å². The maximum atomic E-state index is 9.90. The molecule has 1 aliphatic heterocycles. The summed E-state index contributed by atoms with van der Waals surface area (Å²) in [7, 11) is 0. The van der Waals surface area contributed by atoms with Crippen molar-refractivity contribution in [3.63, 3.8) is 0 Å². The fraction of sp³-hybridized carbons (Fsp3) is 0.538. The van der Waals surface area contributed by atoms with Crippen LogP contribution in [0.15, 0.2) is 29.2 Å². The van der Waals surface area contributed by atoms with Gasteiger partial charge < -0.3 is 5.11 Å². The second kappa shape index (κ2) is 7.63. The van der Waals surface area contributed by atoms with Gasteiger partial charge in [-0.1, -0.05) is 18.4 Å². The smallest absolute Gasteiger partial charge is 0.115 e. The molecule has 0 aliphatic carbocycles. The van der Waals surface area contributed by atoms with Gasteiger partial charge in [0.1, 0.15) is 5.75 Å². The monoisotopic (exact) mass is 270 g/mol. The van der Waals surface area contributed by atoms with Crippen LogP contribution in [0, 0.1) is 0 Å². The van der Waals surface area contributed by atoms with Crippen LogP contribution in [-0.2, 0) is 0 Å². The lowest BCUT2D eigenvalue weighted by molar-refractivity contribution is -0.161. The normalized spacial score (nSPS) is 19.7. The molecule has 0 radical (unpaired) electrons. The molecule has 1 aromatic rings. The summed E-state index contributed by atoms with van der Waals surface area (Å²) < 4.78 is 1.20. The van der Waals surface area contributed by atoms with Crippen molar-refractivity contribution in [3.05, 3.63) is 24.3 Å². The quantitative estimate of drug-likeness (QED) is 0.650. The van der Waals surface area contributed by atoms with Crippen molar-refractivity contribution < 1.29 is 10.3 Å². The van der Waals surface area contributed by atoms with Crippen LogP contribution in [0.25, 0.3) is 0 Å². The number of phenols is 1. The van der Waals surface area contributed by atoms with Gasteiger partial charge in [0.15, 0.2) is 0 Å². The fourth-order valence-electron chi connectivity index (χ4n) is 1.83. The molecule has 1 aromatic carbocycles. The Hall–Kier alpha value is -0.750. The van der Waals surface area contributed by atoms with E-state index in [4.69, 9.17) is 5.11 Å². The zero-order valence-corrected chi connectivity index (χ0v) is 12.0. The highest BCUT2D eigenvalue weighted by Crippen LogP contribution is 2.28. The number of rotatable bonds is 3. The average molecular weight is 270 g/mol. The predicted octanol–water partition coefficient (Wildman–Crippen LogP) is 3.52. The first-order chi connectivity index (χ1) is 8.66. The molecule has 1 atom stereocenters. The minimum atomic E-state index is 0.239. The standard InChI is InChI=1S/C11H16N2O2S.C2H6/c1-9-3-2-8-12(9)13(15)16-11-6-4-10(14)5-7-11;1-2/h4-7,9,14-15H,2-3,8H2,1H3;1-2H3/t9-;/m1./s1. The first kappa shape index (κ1) is 15.3. The summed E-state index contributed by atoms with van der Waals surface area (Å²) >= 11 is 1.26. The van der Waals surface area contributed by atoms with E-state index in [1.165, 1.54) is 16.5 Å². The van der Waals surface area contributed by atoms with Gasteiger partial charge in [-0.2, -0.15) is 0 Å². The highest BCUT2D eigenvalue weighted by molar-refractivity contribution is 7.96. The maximum Gasteiger partial charge on any atom is 0.115 e. The molecule has 4 nitrogen and oxygen atoms in total. The van der Waals surface area contributed by atoms with E-state index in [9.17, 15) is 5.21 Å². The summed E-state index contributed by atoms with van der Waals surface area (Å²) in [5, 5.41) is 21.0. The van der Waals surface area contributed by atoms with Gasteiger partial charge in [0.25, 0.3) is 0 Å². The molecule has 2 rings (SSSR count). The van der Waals surface area contributed by atoms with E-state index in [1.54, 1.807) is 24.3 Å². The van der Waals surface area contributed by atoms with E-state index in [0.29, 0.717) is 6.04 Å². The highest BCUT2D eigenvalue weighted by Gasteiger charge is 2.25. The van der Waals surface area contributed by atoms with E-state index >= 15 is 0 Å². The number of nitrogens with zero attached hydrogens (tertiary/aromatic N) is 2. The average Bonchev–Trinajstić information content (AvgIpc) is 2.81. The lowest BCUT2D eigenvalue weighted by Crippen LogP contribution is -2.37. The van der Waals surface area contributed by atoms with E-state index in [2.05, 4.69) is 6.92 Å². The summed E-state index contributed by atoms with van der Waals surface area (Å²) in [6.45, 7) is 7.00. The number of benzene rings is 1. The Morgan fingerprint density at radius 3 is 2.39 bits per heavy atom. The molecule has 102 valence electrons. The van der Waals surface area contributed by atoms with Crippen LogP contribution in [0.4, 0.5) is 0 Å². The van der Waals surface area contributed by atoms with E-state index < -0.39 is 0 Å². The highest BCUT2D eigenvalue weighted by atomic mass is 32.2. The van der Waals surface area contributed by atoms with Crippen LogP contribution in [0.1, 0.15) is 33.6 Å². The molecule has 18 heavy (non-hydrogen) atoms. The molecule has 1 heterocycles. The van der Waals surface area contributed by atoms with E-state index in [1.807, 2.05) is 18.9 Å². The van der Waals surface area contributed by atoms with Crippen molar-refractivity contribution in [2.24, 2.45) is 0 Å². The molecule has 0 aromatic heterocycles. The zero-order valence-electron chi connectivity index (χ0n) is 11.2. The number of aromatic hydroxyl groups is 1. The summed E-state index contributed by atoms with van der Waals surface area (Å²) in [5.41, 5.74) is 0. The zero-order chi connectivity index (χ0) is 13.5. The van der Waals surface area contributed by atoms with Gasteiger partial charge in [-0.15, -0.1) is 0 Å². The van der Waals surface area contributed by atoms with Crippen LogP contribution in [-0.4, -0.2) is 32.5 Å². The lowest BCUT2D eigenvalue weighted by atomic mass is 10.3. The van der Waals surface area contributed by atoms with Crippen LogP contribution in [0.3, 0.4) is 0 Å². The molecule has 5 heteroatoms. The van der Waals surface area contributed by atoms with Gasteiger partial charge >= 0.3 is 0 Å². The molecule has 1 saturated heterocycles. The van der Waals surface area contributed by atoms with Crippen LogP contribution >= 0.6 is 11.9 Å². The maximum absolute atomic E-state index is 9.90. The van der Waals surface area contributed by atoms with Crippen molar-refractivity contribution in [3.8, 4) is 5.75 Å². The molecule has 0 spiro atoms. The molecular weight excluding hydrogens is 248 g/mol. The predicted molar refractivity (Wildman–Crippen MR) is 74.3 cm³/mol. The molecular formula is C13H22N2O2S.